The monoisotopic (exact) mass is 395 g/mol. The quantitative estimate of drug-likeness (QED) is 0.773. The highest BCUT2D eigenvalue weighted by Gasteiger charge is 2.31. The first-order valence-corrected chi connectivity index (χ1v) is 10.1. The minimum atomic E-state index is -1.37. The van der Waals surface area contributed by atoms with Crippen LogP contribution in [0.15, 0.2) is 29.3 Å². The van der Waals surface area contributed by atoms with E-state index in [1.807, 2.05) is 45.0 Å². The predicted octanol–water partition coefficient (Wildman–Crippen LogP) is 3.79. The summed E-state index contributed by atoms with van der Waals surface area (Å²) < 4.78 is 18.4. The zero-order valence-electron chi connectivity index (χ0n) is 15.1. The van der Waals surface area contributed by atoms with Gasteiger partial charge in [-0.25, -0.2) is 14.8 Å². The summed E-state index contributed by atoms with van der Waals surface area (Å²) in [6.07, 6.45) is 0.887. The molecule has 1 atom stereocenters. The van der Waals surface area contributed by atoms with E-state index in [0.717, 1.165) is 0 Å². The van der Waals surface area contributed by atoms with Gasteiger partial charge < -0.3 is 9.64 Å². The molecule has 1 aliphatic heterocycles. The number of aromatic nitrogens is 2. The van der Waals surface area contributed by atoms with Crippen LogP contribution < -0.4 is 0 Å². The molecule has 1 fully saturated rings. The highest BCUT2D eigenvalue weighted by atomic mass is 35.5. The third-order valence-electron chi connectivity index (χ3n) is 4.09. The van der Waals surface area contributed by atoms with Crippen LogP contribution in [-0.4, -0.2) is 49.1 Å². The van der Waals surface area contributed by atoms with E-state index in [4.69, 9.17) is 16.3 Å². The van der Waals surface area contributed by atoms with E-state index < -0.39 is 16.4 Å². The molecule has 6 nitrogen and oxygen atoms in total. The van der Waals surface area contributed by atoms with Gasteiger partial charge in [0.05, 0.1) is 21.8 Å². The topological polar surface area (TPSA) is 72.4 Å². The maximum atomic E-state index is 13.0. The SMILES string of the molecule is CC(C)(C)OC(=O)N1CCC([S@](=O)c2nc3ccccc3nc2Cl)CC1. The predicted molar refractivity (Wildman–Crippen MR) is 102 cm³/mol. The van der Waals surface area contributed by atoms with Crippen molar-refractivity contribution in [1.29, 1.82) is 0 Å². The van der Waals surface area contributed by atoms with E-state index in [2.05, 4.69) is 9.97 Å². The van der Waals surface area contributed by atoms with Gasteiger partial charge >= 0.3 is 6.09 Å². The summed E-state index contributed by atoms with van der Waals surface area (Å²) in [7, 11) is -1.37. The fraction of sp³-hybridized carbons (Fsp3) is 0.500. The number of halogens is 1. The smallest absolute Gasteiger partial charge is 0.410 e. The van der Waals surface area contributed by atoms with Gasteiger partial charge in [0.15, 0.2) is 10.2 Å². The lowest BCUT2D eigenvalue weighted by Crippen LogP contribution is -2.43. The van der Waals surface area contributed by atoms with E-state index in [1.54, 1.807) is 4.90 Å². The van der Waals surface area contributed by atoms with Gasteiger partial charge in [0.2, 0.25) is 0 Å². The van der Waals surface area contributed by atoms with Gasteiger partial charge in [0.25, 0.3) is 0 Å². The molecule has 1 saturated heterocycles. The molecule has 0 radical (unpaired) electrons. The van der Waals surface area contributed by atoms with Crippen LogP contribution in [0.3, 0.4) is 0 Å². The van der Waals surface area contributed by atoms with Gasteiger partial charge in [-0.2, -0.15) is 0 Å². The molecule has 0 saturated carbocycles. The Morgan fingerprint density at radius 2 is 1.77 bits per heavy atom. The number of piperidine rings is 1. The highest BCUT2D eigenvalue weighted by Crippen LogP contribution is 2.26. The number of rotatable bonds is 2. The number of amides is 1. The van der Waals surface area contributed by atoms with Crippen LogP contribution in [0.4, 0.5) is 4.79 Å². The third-order valence-corrected chi connectivity index (χ3v) is 6.20. The van der Waals surface area contributed by atoms with Gasteiger partial charge in [-0.15, -0.1) is 0 Å². The van der Waals surface area contributed by atoms with Crippen molar-refractivity contribution in [2.75, 3.05) is 13.1 Å². The minimum Gasteiger partial charge on any atom is -0.444 e. The Morgan fingerprint density at radius 1 is 1.19 bits per heavy atom. The van der Waals surface area contributed by atoms with Crippen LogP contribution in [-0.2, 0) is 15.5 Å². The number of fused-ring (bicyclic) bond motifs is 1. The second-order valence-corrected chi connectivity index (χ2v) is 9.28. The first kappa shape index (κ1) is 19.0. The first-order valence-electron chi connectivity index (χ1n) is 8.55. The number of carbonyl (C=O) groups is 1. The van der Waals surface area contributed by atoms with Gasteiger partial charge in [-0.1, -0.05) is 23.7 Å². The van der Waals surface area contributed by atoms with Crippen LogP contribution in [0.25, 0.3) is 11.0 Å². The van der Waals surface area contributed by atoms with E-state index in [0.29, 0.717) is 42.0 Å². The number of hydrogen-bond acceptors (Lipinski definition) is 5. The molecule has 0 aliphatic carbocycles. The molecule has 0 bridgehead atoms. The van der Waals surface area contributed by atoms with Crippen LogP contribution in [0.5, 0.6) is 0 Å². The molecule has 0 N–H and O–H groups in total. The van der Waals surface area contributed by atoms with Crippen molar-refractivity contribution in [3.63, 3.8) is 0 Å². The summed E-state index contributed by atoms with van der Waals surface area (Å²) in [6, 6.07) is 7.36. The van der Waals surface area contributed by atoms with Crippen molar-refractivity contribution in [3.8, 4) is 0 Å². The second-order valence-electron chi connectivity index (χ2n) is 7.27. The Hall–Kier alpha value is -1.73. The fourth-order valence-corrected chi connectivity index (χ4v) is 4.54. The van der Waals surface area contributed by atoms with Crippen molar-refractivity contribution >= 4 is 39.5 Å². The first-order chi connectivity index (χ1) is 12.2. The van der Waals surface area contributed by atoms with E-state index in [9.17, 15) is 9.00 Å². The summed E-state index contributed by atoms with van der Waals surface area (Å²) in [5.41, 5.74) is 0.828. The third kappa shape index (κ3) is 4.32. The molecule has 1 aromatic carbocycles. The molecule has 0 unspecified atom stereocenters. The molecule has 0 spiro atoms. The zero-order valence-corrected chi connectivity index (χ0v) is 16.6. The zero-order chi connectivity index (χ0) is 18.9. The van der Waals surface area contributed by atoms with E-state index in [1.165, 1.54) is 0 Å². The van der Waals surface area contributed by atoms with Gasteiger partial charge in [0.1, 0.15) is 5.60 Å². The average Bonchev–Trinajstić information content (AvgIpc) is 2.59. The molecule has 2 heterocycles. The number of likely N-dealkylation sites (tertiary alicyclic amines) is 1. The molecule has 8 heteroatoms. The number of hydrogen-bond donors (Lipinski definition) is 0. The lowest BCUT2D eigenvalue weighted by Gasteiger charge is -2.33. The van der Waals surface area contributed by atoms with Crippen molar-refractivity contribution in [2.24, 2.45) is 0 Å². The van der Waals surface area contributed by atoms with Crippen LogP contribution in [0, 0.1) is 0 Å². The normalized spacial score (nSPS) is 17.3. The van der Waals surface area contributed by atoms with Gasteiger partial charge in [-0.3, -0.25) is 4.21 Å². The summed E-state index contributed by atoms with van der Waals surface area (Å²) in [5, 5.41) is 0.388. The summed E-state index contributed by atoms with van der Waals surface area (Å²) in [5.74, 6) is 0. The van der Waals surface area contributed by atoms with Crippen molar-refractivity contribution < 1.29 is 13.7 Å². The van der Waals surface area contributed by atoms with Crippen LogP contribution in [0.2, 0.25) is 5.15 Å². The molecular weight excluding hydrogens is 374 g/mol. The molecule has 2 aromatic rings. The maximum Gasteiger partial charge on any atom is 0.410 e. The lowest BCUT2D eigenvalue weighted by atomic mass is 10.1. The Labute approximate surface area is 160 Å². The fourth-order valence-electron chi connectivity index (χ4n) is 2.83. The van der Waals surface area contributed by atoms with Crippen molar-refractivity contribution in [1.82, 2.24) is 14.9 Å². The molecule has 1 aromatic heterocycles. The van der Waals surface area contributed by atoms with Crippen molar-refractivity contribution in [3.05, 3.63) is 29.4 Å². The average molecular weight is 396 g/mol. The van der Waals surface area contributed by atoms with E-state index in [-0.39, 0.29) is 16.5 Å². The van der Waals surface area contributed by atoms with Crippen LogP contribution in [0.1, 0.15) is 33.6 Å². The molecule has 1 amide bonds. The van der Waals surface area contributed by atoms with Gasteiger partial charge in [0, 0.05) is 18.3 Å². The second kappa shape index (κ2) is 7.48. The number of benzene rings is 1. The number of para-hydroxylation sites is 2. The van der Waals surface area contributed by atoms with Crippen LogP contribution >= 0.6 is 11.6 Å². The molecule has 140 valence electrons. The Kier molecular flexibility index (Phi) is 5.48. The minimum absolute atomic E-state index is 0.110. The maximum absolute atomic E-state index is 13.0. The standard InChI is InChI=1S/C18H22ClN3O3S/c1-18(2,3)25-17(23)22-10-8-12(9-11-22)26(24)16-15(19)20-13-6-4-5-7-14(13)21-16/h4-7,12H,8-11H2,1-3H3/t26-/m0/s1. The van der Waals surface area contributed by atoms with Gasteiger partial charge in [-0.05, 0) is 45.7 Å². The summed E-state index contributed by atoms with van der Waals surface area (Å²) >= 11 is 6.22. The summed E-state index contributed by atoms with van der Waals surface area (Å²) in [6.45, 7) is 6.53. The Morgan fingerprint density at radius 3 is 2.35 bits per heavy atom. The Bertz CT molecular complexity index is 845. The number of ether oxygens (including phenoxy) is 1. The molecule has 26 heavy (non-hydrogen) atoms. The van der Waals surface area contributed by atoms with E-state index >= 15 is 0 Å². The van der Waals surface area contributed by atoms with Crippen molar-refractivity contribution in [2.45, 2.75) is 49.5 Å². The lowest BCUT2D eigenvalue weighted by molar-refractivity contribution is 0.0218. The Balaban J connectivity index is 1.69. The number of carbonyl (C=O) groups excluding carboxylic acids is 1. The molecule has 1 aliphatic rings. The number of nitrogens with zero attached hydrogens (tertiary/aromatic N) is 3. The highest BCUT2D eigenvalue weighted by molar-refractivity contribution is 7.85. The summed E-state index contributed by atoms with van der Waals surface area (Å²) in [4.78, 5) is 22.6. The molecule has 3 rings (SSSR count). The largest absolute Gasteiger partial charge is 0.444 e. The molecular formula is C18H22ClN3O3S.